The van der Waals surface area contributed by atoms with Crippen molar-refractivity contribution in [2.45, 2.75) is 84.5 Å². The van der Waals surface area contributed by atoms with E-state index in [-0.39, 0.29) is 24.7 Å². The van der Waals surface area contributed by atoms with Crippen molar-refractivity contribution < 1.29 is 34.2 Å². The second-order valence-corrected chi connectivity index (χ2v) is 7.85. The minimum atomic E-state index is -1.21. The lowest BCUT2D eigenvalue weighted by Crippen LogP contribution is -2.57. The molecule has 11 heteroatoms. The monoisotopic (exact) mass is 444 g/mol. The van der Waals surface area contributed by atoms with Gasteiger partial charge in [0.2, 0.25) is 17.7 Å². The van der Waals surface area contributed by atoms with Crippen molar-refractivity contribution in [1.29, 1.82) is 0 Å². The summed E-state index contributed by atoms with van der Waals surface area (Å²) in [5.74, 6) is -4.88. The Morgan fingerprint density at radius 2 is 1.35 bits per heavy atom. The minimum Gasteiger partial charge on any atom is -0.481 e. The van der Waals surface area contributed by atoms with Gasteiger partial charge in [-0.2, -0.15) is 0 Å². The van der Waals surface area contributed by atoms with Crippen LogP contribution in [0.25, 0.3) is 0 Å². The van der Waals surface area contributed by atoms with E-state index in [4.69, 9.17) is 10.8 Å². The highest BCUT2D eigenvalue weighted by Gasteiger charge is 2.30. The normalized spacial score (nSPS) is 16.7. The number of nitrogens with one attached hydrogen (secondary N) is 3. The van der Waals surface area contributed by atoms with E-state index in [0.717, 1.165) is 0 Å². The van der Waals surface area contributed by atoms with E-state index in [2.05, 4.69) is 16.0 Å². The van der Waals surface area contributed by atoms with Crippen LogP contribution < -0.4 is 21.7 Å². The highest BCUT2D eigenvalue weighted by Crippen LogP contribution is 2.09. The Labute approximate surface area is 182 Å². The van der Waals surface area contributed by atoms with Gasteiger partial charge in [-0.05, 0) is 25.2 Å². The minimum absolute atomic E-state index is 0.151. The Morgan fingerprint density at radius 3 is 1.81 bits per heavy atom. The van der Waals surface area contributed by atoms with Gasteiger partial charge in [-0.15, -0.1) is 0 Å². The molecule has 0 saturated carbocycles. The maximum Gasteiger partial charge on any atom is 0.326 e. The van der Waals surface area contributed by atoms with Gasteiger partial charge in [0, 0.05) is 6.42 Å². The fourth-order valence-electron chi connectivity index (χ4n) is 2.66. The highest BCUT2D eigenvalue weighted by atomic mass is 16.4. The first-order valence-electron chi connectivity index (χ1n) is 10.5. The molecule has 0 rings (SSSR count). The summed E-state index contributed by atoms with van der Waals surface area (Å²) in [6.45, 7) is 8.47. The Hall–Kier alpha value is -2.69. The van der Waals surface area contributed by atoms with E-state index < -0.39 is 53.8 Å². The van der Waals surface area contributed by atoms with Crippen molar-refractivity contribution >= 4 is 29.7 Å². The summed E-state index contributed by atoms with van der Waals surface area (Å²) in [5, 5.41) is 25.5. The van der Waals surface area contributed by atoms with Crippen LogP contribution in [0.4, 0.5) is 0 Å². The number of carboxylic acid groups (broad SMARTS) is 2. The standard InChI is InChI=1S/C20H36N4O7/c1-6-10(3)15(21)19(29)23-13(8-9-14(25)26)18(28)22-12(5)17(27)24-16(20(30)31)11(4)7-2/h10-13,15-16H,6-9,21H2,1-5H3,(H,22,28)(H,23,29)(H,24,27)(H,25,26)(H,30,31). The molecule has 0 radical (unpaired) electrons. The molecule has 178 valence electrons. The zero-order valence-electron chi connectivity index (χ0n) is 18.8. The van der Waals surface area contributed by atoms with E-state index >= 15 is 0 Å². The summed E-state index contributed by atoms with van der Waals surface area (Å²) in [6, 6.07) is -4.31. The third kappa shape index (κ3) is 9.77. The number of carboxylic acids is 2. The smallest absolute Gasteiger partial charge is 0.326 e. The number of hydrogen-bond acceptors (Lipinski definition) is 6. The average Bonchev–Trinajstić information content (AvgIpc) is 2.71. The van der Waals surface area contributed by atoms with Crippen LogP contribution in [0, 0.1) is 11.8 Å². The lowest BCUT2D eigenvalue weighted by Gasteiger charge is -2.25. The van der Waals surface area contributed by atoms with E-state index in [9.17, 15) is 29.1 Å². The van der Waals surface area contributed by atoms with Crippen molar-refractivity contribution in [2.75, 3.05) is 0 Å². The zero-order chi connectivity index (χ0) is 24.3. The molecular formula is C20H36N4O7. The molecule has 31 heavy (non-hydrogen) atoms. The van der Waals surface area contributed by atoms with Crippen LogP contribution in [0.15, 0.2) is 0 Å². The van der Waals surface area contributed by atoms with Gasteiger partial charge in [0.25, 0.3) is 0 Å². The quantitative estimate of drug-likeness (QED) is 0.213. The molecule has 7 N–H and O–H groups in total. The third-order valence-electron chi connectivity index (χ3n) is 5.37. The maximum absolute atomic E-state index is 12.6. The molecule has 0 aromatic carbocycles. The molecule has 6 atom stereocenters. The second kappa shape index (κ2) is 13.6. The lowest BCUT2D eigenvalue weighted by atomic mass is 9.98. The van der Waals surface area contributed by atoms with Crippen LogP contribution in [-0.4, -0.2) is 64.0 Å². The molecule has 0 bridgehead atoms. The van der Waals surface area contributed by atoms with Crippen molar-refractivity contribution in [3.05, 3.63) is 0 Å². The van der Waals surface area contributed by atoms with Crippen molar-refractivity contribution in [1.82, 2.24) is 16.0 Å². The van der Waals surface area contributed by atoms with Crippen molar-refractivity contribution in [3.8, 4) is 0 Å². The van der Waals surface area contributed by atoms with E-state index in [1.165, 1.54) is 6.92 Å². The summed E-state index contributed by atoms with van der Waals surface area (Å²) in [6.07, 6.45) is 0.585. The number of aliphatic carboxylic acids is 2. The molecule has 0 spiro atoms. The zero-order valence-corrected chi connectivity index (χ0v) is 18.8. The van der Waals surface area contributed by atoms with E-state index in [1.54, 1.807) is 20.8 Å². The predicted octanol–water partition coefficient (Wildman–Crippen LogP) is -0.170. The van der Waals surface area contributed by atoms with Gasteiger partial charge in [-0.3, -0.25) is 19.2 Å². The van der Waals surface area contributed by atoms with Gasteiger partial charge >= 0.3 is 11.9 Å². The van der Waals surface area contributed by atoms with Gasteiger partial charge in [-0.1, -0.05) is 40.5 Å². The van der Waals surface area contributed by atoms with Crippen LogP contribution in [0.2, 0.25) is 0 Å². The largest absolute Gasteiger partial charge is 0.481 e. The summed E-state index contributed by atoms with van der Waals surface area (Å²) in [7, 11) is 0. The summed E-state index contributed by atoms with van der Waals surface area (Å²) < 4.78 is 0. The molecule has 0 heterocycles. The van der Waals surface area contributed by atoms with Crippen molar-refractivity contribution in [3.63, 3.8) is 0 Å². The molecule has 0 aromatic rings. The second-order valence-electron chi connectivity index (χ2n) is 7.85. The molecule has 3 amide bonds. The molecular weight excluding hydrogens is 408 g/mol. The SMILES string of the molecule is CCC(C)C(N)C(=O)NC(CCC(=O)O)C(=O)NC(C)C(=O)NC(C(=O)O)C(C)CC. The van der Waals surface area contributed by atoms with Crippen LogP contribution in [0.3, 0.4) is 0 Å². The number of carbonyl (C=O) groups excluding carboxylic acids is 3. The summed E-state index contributed by atoms with van der Waals surface area (Å²) >= 11 is 0. The third-order valence-corrected chi connectivity index (χ3v) is 5.37. The number of carbonyl (C=O) groups is 5. The van der Waals surface area contributed by atoms with Crippen molar-refractivity contribution in [2.24, 2.45) is 17.6 Å². The Morgan fingerprint density at radius 1 is 0.806 bits per heavy atom. The van der Waals surface area contributed by atoms with E-state index in [0.29, 0.717) is 12.8 Å². The molecule has 0 fully saturated rings. The topological polar surface area (TPSA) is 188 Å². The van der Waals surface area contributed by atoms with Crippen LogP contribution in [0.5, 0.6) is 0 Å². The fourth-order valence-corrected chi connectivity index (χ4v) is 2.66. The number of nitrogens with two attached hydrogens (primary N) is 1. The predicted molar refractivity (Wildman–Crippen MR) is 113 cm³/mol. The first kappa shape index (κ1) is 28.3. The van der Waals surface area contributed by atoms with Gasteiger partial charge in [0.1, 0.15) is 18.1 Å². The first-order chi connectivity index (χ1) is 14.3. The molecule has 0 aliphatic carbocycles. The van der Waals surface area contributed by atoms with Gasteiger partial charge in [0.05, 0.1) is 6.04 Å². The summed E-state index contributed by atoms with van der Waals surface area (Å²) in [4.78, 5) is 59.6. The highest BCUT2D eigenvalue weighted by molar-refractivity contribution is 5.94. The van der Waals surface area contributed by atoms with Gasteiger partial charge < -0.3 is 31.9 Å². The first-order valence-corrected chi connectivity index (χ1v) is 10.5. The maximum atomic E-state index is 12.6. The number of hydrogen-bond donors (Lipinski definition) is 6. The van der Waals surface area contributed by atoms with Crippen LogP contribution in [-0.2, 0) is 24.0 Å². The lowest BCUT2D eigenvalue weighted by molar-refractivity contribution is -0.143. The fraction of sp³-hybridized carbons (Fsp3) is 0.750. The molecule has 6 unspecified atom stereocenters. The molecule has 11 nitrogen and oxygen atoms in total. The van der Waals surface area contributed by atoms with Crippen LogP contribution >= 0.6 is 0 Å². The molecule has 0 aliphatic heterocycles. The Bertz CT molecular complexity index is 655. The molecule has 0 saturated heterocycles. The Balaban J connectivity index is 5.21. The number of rotatable bonds is 14. The van der Waals surface area contributed by atoms with Gasteiger partial charge in [-0.25, -0.2) is 4.79 Å². The average molecular weight is 445 g/mol. The molecule has 0 aromatic heterocycles. The number of amides is 3. The Kier molecular flexibility index (Phi) is 12.4. The van der Waals surface area contributed by atoms with Gasteiger partial charge in [0.15, 0.2) is 0 Å². The summed E-state index contributed by atoms with van der Waals surface area (Å²) in [5.41, 5.74) is 5.87. The molecule has 0 aliphatic rings. The van der Waals surface area contributed by atoms with Crippen LogP contribution in [0.1, 0.15) is 60.3 Å². The van der Waals surface area contributed by atoms with E-state index in [1.807, 2.05) is 6.92 Å².